The second kappa shape index (κ2) is 7.17. The predicted octanol–water partition coefficient (Wildman–Crippen LogP) is 3.38. The van der Waals surface area contributed by atoms with Crippen LogP contribution in [0.15, 0.2) is 18.2 Å². The van der Waals surface area contributed by atoms with Gasteiger partial charge in [0.1, 0.15) is 5.75 Å². The van der Waals surface area contributed by atoms with Crippen LogP contribution < -0.4 is 10.1 Å². The molecule has 1 amide bonds. The Hall–Kier alpha value is -1.51. The van der Waals surface area contributed by atoms with Crippen LogP contribution in [0, 0.1) is 13.8 Å². The Morgan fingerprint density at radius 2 is 1.95 bits per heavy atom. The number of nitrogens with one attached hydrogen (secondary N) is 1. The third-order valence-corrected chi connectivity index (χ3v) is 3.27. The molecule has 1 N–H and O–H groups in total. The molecule has 3 nitrogen and oxygen atoms in total. The van der Waals surface area contributed by atoms with Gasteiger partial charge in [0.05, 0.1) is 0 Å². The Bertz CT molecular complexity index is 429. The van der Waals surface area contributed by atoms with Gasteiger partial charge in [0.15, 0.2) is 6.10 Å². The van der Waals surface area contributed by atoms with Crippen LogP contribution in [0.25, 0.3) is 0 Å². The van der Waals surface area contributed by atoms with Gasteiger partial charge in [0, 0.05) is 6.04 Å². The summed E-state index contributed by atoms with van der Waals surface area (Å²) < 4.78 is 5.68. The zero-order valence-corrected chi connectivity index (χ0v) is 12.6. The number of ether oxygens (including phenoxy) is 1. The highest BCUT2D eigenvalue weighted by molar-refractivity contribution is 5.80. The molecule has 0 aliphatic rings. The molecule has 3 heteroatoms. The molecule has 0 spiro atoms. The summed E-state index contributed by atoms with van der Waals surface area (Å²) >= 11 is 0. The second-order valence-electron chi connectivity index (χ2n) is 5.20. The molecule has 0 bridgehead atoms. The first-order valence-corrected chi connectivity index (χ1v) is 6.98. The van der Waals surface area contributed by atoms with Crippen LogP contribution in [0.3, 0.4) is 0 Å². The summed E-state index contributed by atoms with van der Waals surface area (Å²) in [5.41, 5.74) is 2.39. The van der Waals surface area contributed by atoms with Crippen molar-refractivity contribution < 1.29 is 9.53 Å². The van der Waals surface area contributed by atoms with Crippen molar-refractivity contribution in [2.75, 3.05) is 0 Å². The number of carbonyl (C=O) groups excluding carboxylic acids is 1. The number of hydrogen-bond donors (Lipinski definition) is 1. The minimum absolute atomic E-state index is 0.0563. The molecule has 0 radical (unpaired) electrons. The lowest BCUT2D eigenvalue weighted by atomic mass is 10.1. The van der Waals surface area contributed by atoms with E-state index < -0.39 is 6.10 Å². The zero-order chi connectivity index (χ0) is 14.4. The first-order chi connectivity index (χ1) is 8.93. The fourth-order valence-corrected chi connectivity index (χ4v) is 1.91. The van der Waals surface area contributed by atoms with Crippen molar-refractivity contribution in [2.45, 2.75) is 59.6 Å². The fraction of sp³-hybridized carbons (Fsp3) is 0.562. The van der Waals surface area contributed by atoms with Crippen molar-refractivity contribution in [3.63, 3.8) is 0 Å². The smallest absolute Gasteiger partial charge is 0.260 e. The minimum Gasteiger partial charge on any atom is -0.481 e. The Morgan fingerprint density at radius 1 is 1.26 bits per heavy atom. The summed E-state index contributed by atoms with van der Waals surface area (Å²) in [4.78, 5) is 11.9. The third-order valence-electron chi connectivity index (χ3n) is 3.27. The minimum atomic E-state index is -0.471. The first kappa shape index (κ1) is 15.5. The predicted molar refractivity (Wildman–Crippen MR) is 78.5 cm³/mol. The average Bonchev–Trinajstić information content (AvgIpc) is 2.34. The van der Waals surface area contributed by atoms with Crippen molar-refractivity contribution in [2.24, 2.45) is 0 Å². The summed E-state index contributed by atoms with van der Waals surface area (Å²) in [6.45, 7) is 10.0. The van der Waals surface area contributed by atoms with Crippen LogP contribution in [0.5, 0.6) is 5.75 Å². The van der Waals surface area contributed by atoms with E-state index in [1.54, 1.807) is 6.92 Å². The normalized spacial score (nSPS) is 13.7. The highest BCUT2D eigenvalue weighted by Gasteiger charge is 2.16. The van der Waals surface area contributed by atoms with Crippen molar-refractivity contribution in [1.29, 1.82) is 0 Å². The zero-order valence-electron chi connectivity index (χ0n) is 12.6. The highest BCUT2D eigenvalue weighted by atomic mass is 16.5. The van der Waals surface area contributed by atoms with Gasteiger partial charge in [-0.25, -0.2) is 0 Å². The Balaban J connectivity index is 2.56. The van der Waals surface area contributed by atoms with Crippen LogP contribution in [0.4, 0.5) is 0 Å². The van der Waals surface area contributed by atoms with Crippen molar-refractivity contribution >= 4 is 5.91 Å². The quantitative estimate of drug-likeness (QED) is 0.854. The maximum atomic E-state index is 11.9. The largest absolute Gasteiger partial charge is 0.481 e. The van der Waals surface area contributed by atoms with E-state index in [0.717, 1.165) is 18.6 Å². The summed E-state index contributed by atoms with van der Waals surface area (Å²) in [6, 6.07) is 6.08. The molecule has 2 atom stereocenters. The van der Waals surface area contributed by atoms with Gasteiger partial charge in [-0.2, -0.15) is 0 Å². The topological polar surface area (TPSA) is 38.3 Å². The maximum Gasteiger partial charge on any atom is 0.260 e. The van der Waals surface area contributed by atoms with E-state index in [2.05, 4.69) is 19.2 Å². The van der Waals surface area contributed by atoms with Crippen LogP contribution >= 0.6 is 0 Å². The SMILES string of the molecule is CCC[C@H](C)NC(=O)[C@H](C)Oc1ccc(C)c(C)c1. The molecular formula is C16H25NO2. The van der Waals surface area contributed by atoms with Crippen molar-refractivity contribution in [1.82, 2.24) is 5.32 Å². The van der Waals surface area contributed by atoms with E-state index in [0.29, 0.717) is 0 Å². The van der Waals surface area contributed by atoms with Gasteiger partial charge in [-0.1, -0.05) is 19.4 Å². The van der Waals surface area contributed by atoms with Gasteiger partial charge in [0.25, 0.3) is 5.91 Å². The summed E-state index contributed by atoms with van der Waals surface area (Å²) in [5, 5.41) is 2.96. The Morgan fingerprint density at radius 3 is 2.53 bits per heavy atom. The molecule has 0 saturated carbocycles. The number of benzene rings is 1. The summed E-state index contributed by atoms with van der Waals surface area (Å²) in [5.74, 6) is 0.688. The monoisotopic (exact) mass is 263 g/mol. The molecule has 0 aliphatic heterocycles. The van der Waals surface area contributed by atoms with Gasteiger partial charge in [-0.15, -0.1) is 0 Å². The molecular weight excluding hydrogens is 238 g/mol. The van der Waals surface area contributed by atoms with Gasteiger partial charge in [0.2, 0.25) is 0 Å². The Kier molecular flexibility index (Phi) is 5.87. The fourth-order valence-electron chi connectivity index (χ4n) is 1.91. The summed E-state index contributed by atoms with van der Waals surface area (Å²) in [7, 11) is 0. The molecule has 19 heavy (non-hydrogen) atoms. The Labute approximate surface area is 116 Å². The number of carbonyl (C=O) groups is 1. The van der Waals surface area contributed by atoms with Crippen LogP contribution in [-0.4, -0.2) is 18.1 Å². The number of hydrogen-bond acceptors (Lipinski definition) is 2. The molecule has 0 saturated heterocycles. The number of aryl methyl sites for hydroxylation is 2. The van der Waals surface area contributed by atoms with Crippen molar-refractivity contribution in [3.8, 4) is 5.75 Å². The molecule has 0 aromatic heterocycles. The molecule has 0 aliphatic carbocycles. The molecule has 1 aromatic carbocycles. The van der Waals surface area contributed by atoms with Crippen molar-refractivity contribution in [3.05, 3.63) is 29.3 Å². The third kappa shape index (κ3) is 4.93. The highest BCUT2D eigenvalue weighted by Crippen LogP contribution is 2.17. The lowest BCUT2D eigenvalue weighted by molar-refractivity contribution is -0.127. The average molecular weight is 263 g/mol. The summed E-state index contributed by atoms with van der Waals surface area (Å²) in [6.07, 6.45) is 1.58. The molecule has 0 unspecified atom stereocenters. The van der Waals surface area contributed by atoms with E-state index in [1.807, 2.05) is 32.0 Å². The van der Waals surface area contributed by atoms with Gasteiger partial charge in [-0.05, 0) is 57.4 Å². The second-order valence-corrected chi connectivity index (χ2v) is 5.20. The van der Waals surface area contributed by atoms with Crippen LogP contribution in [0.1, 0.15) is 44.7 Å². The van der Waals surface area contributed by atoms with Gasteiger partial charge in [-0.3, -0.25) is 4.79 Å². The molecule has 1 rings (SSSR count). The van der Waals surface area contributed by atoms with E-state index in [9.17, 15) is 4.79 Å². The maximum absolute atomic E-state index is 11.9. The number of amides is 1. The molecule has 0 fully saturated rings. The first-order valence-electron chi connectivity index (χ1n) is 6.98. The lowest BCUT2D eigenvalue weighted by Crippen LogP contribution is -2.41. The number of rotatable bonds is 6. The molecule has 1 aromatic rings. The van der Waals surface area contributed by atoms with E-state index in [1.165, 1.54) is 11.1 Å². The van der Waals surface area contributed by atoms with E-state index in [4.69, 9.17) is 4.74 Å². The van der Waals surface area contributed by atoms with Gasteiger partial charge < -0.3 is 10.1 Å². The van der Waals surface area contributed by atoms with Crippen LogP contribution in [-0.2, 0) is 4.79 Å². The standard InChI is InChI=1S/C16H25NO2/c1-6-7-13(4)17-16(18)14(5)19-15-9-8-11(2)12(3)10-15/h8-10,13-14H,6-7H2,1-5H3,(H,17,18)/t13-,14-/m0/s1. The van der Waals surface area contributed by atoms with E-state index >= 15 is 0 Å². The lowest BCUT2D eigenvalue weighted by Gasteiger charge is -2.18. The molecule has 0 heterocycles. The van der Waals surface area contributed by atoms with E-state index in [-0.39, 0.29) is 11.9 Å². The van der Waals surface area contributed by atoms with Gasteiger partial charge >= 0.3 is 0 Å². The van der Waals surface area contributed by atoms with Crippen LogP contribution in [0.2, 0.25) is 0 Å². The molecule has 106 valence electrons.